The molecule has 0 bridgehead atoms. The molecule has 1 heterocycles. The van der Waals surface area contributed by atoms with Crippen LogP contribution in [-0.4, -0.2) is 46.7 Å². The maximum Gasteiger partial charge on any atom is 0.325 e. The molecule has 0 unspecified atom stereocenters. The molecule has 2 amide bonds. The van der Waals surface area contributed by atoms with Crippen LogP contribution in [0.2, 0.25) is 0 Å². The van der Waals surface area contributed by atoms with E-state index in [-0.39, 0.29) is 24.9 Å². The largest absolute Gasteiger partial charge is 0.468 e. The summed E-state index contributed by atoms with van der Waals surface area (Å²) in [4.78, 5) is 35.1. The Morgan fingerprint density at radius 1 is 1.04 bits per heavy atom. The highest BCUT2D eigenvalue weighted by Gasteiger charge is 2.10. The standard InChI is InChI=1S/C18H17N5O4S/c1-27-16(25)10-20-18(26)11-5-7-12(8-6-11)19-9-15(24)21-13-3-2-4-14-17(13)23-28-22-14/h2-8,19H,9-10H2,1H3,(H,20,26)(H,21,24). The molecule has 3 N–H and O–H groups in total. The van der Waals surface area contributed by atoms with Crippen molar-refractivity contribution in [1.29, 1.82) is 0 Å². The third-order valence-corrected chi connectivity index (χ3v) is 4.32. The Morgan fingerprint density at radius 3 is 2.57 bits per heavy atom. The highest BCUT2D eigenvalue weighted by atomic mass is 32.1. The van der Waals surface area contributed by atoms with Crippen molar-refractivity contribution in [2.45, 2.75) is 0 Å². The van der Waals surface area contributed by atoms with Gasteiger partial charge in [0.25, 0.3) is 5.91 Å². The number of ether oxygens (including phenoxy) is 1. The van der Waals surface area contributed by atoms with Crippen LogP contribution in [0.3, 0.4) is 0 Å². The highest BCUT2D eigenvalue weighted by Crippen LogP contribution is 2.21. The molecular weight excluding hydrogens is 382 g/mol. The molecular formula is C18H17N5O4S. The van der Waals surface area contributed by atoms with Crippen molar-refractivity contribution in [3.8, 4) is 0 Å². The second-order valence-corrected chi connectivity index (χ2v) is 6.20. The van der Waals surface area contributed by atoms with Gasteiger partial charge in [0, 0.05) is 11.3 Å². The number of hydrogen-bond acceptors (Lipinski definition) is 8. The van der Waals surface area contributed by atoms with E-state index in [2.05, 4.69) is 29.4 Å². The van der Waals surface area contributed by atoms with Gasteiger partial charge in [-0.05, 0) is 36.4 Å². The highest BCUT2D eigenvalue weighted by molar-refractivity contribution is 7.00. The lowest BCUT2D eigenvalue weighted by Gasteiger charge is -2.09. The van der Waals surface area contributed by atoms with Crippen molar-refractivity contribution in [3.63, 3.8) is 0 Å². The number of amides is 2. The number of carbonyl (C=O) groups is 3. The fraction of sp³-hybridized carbons (Fsp3) is 0.167. The topological polar surface area (TPSA) is 122 Å². The van der Waals surface area contributed by atoms with E-state index < -0.39 is 5.97 Å². The van der Waals surface area contributed by atoms with Crippen molar-refractivity contribution in [2.24, 2.45) is 0 Å². The van der Waals surface area contributed by atoms with E-state index in [1.807, 2.05) is 6.07 Å². The zero-order valence-corrected chi connectivity index (χ0v) is 15.7. The minimum absolute atomic E-state index is 0.0435. The molecule has 1 aromatic heterocycles. The Morgan fingerprint density at radius 2 is 1.82 bits per heavy atom. The first-order chi connectivity index (χ1) is 13.6. The van der Waals surface area contributed by atoms with Crippen molar-refractivity contribution in [2.75, 3.05) is 30.8 Å². The molecule has 0 saturated heterocycles. The molecule has 3 rings (SSSR count). The number of esters is 1. The van der Waals surface area contributed by atoms with E-state index in [1.165, 1.54) is 7.11 Å². The average Bonchev–Trinajstić information content (AvgIpc) is 3.20. The maximum absolute atomic E-state index is 12.2. The van der Waals surface area contributed by atoms with Crippen LogP contribution >= 0.6 is 11.7 Å². The summed E-state index contributed by atoms with van der Waals surface area (Å²) in [6, 6.07) is 11.9. The van der Waals surface area contributed by atoms with Crippen LogP contribution in [0, 0.1) is 0 Å². The number of nitrogens with one attached hydrogen (secondary N) is 3. The first kappa shape index (κ1) is 19.2. The monoisotopic (exact) mass is 399 g/mol. The third kappa shape index (κ3) is 4.80. The Kier molecular flexibility index (Phi) is 6.12. The van der Waals surface area contributed by atoms with Gasteiger partial charge in [-0.3, -0.25) is 14.4 Å². The second-order valence-electron chi connectivity index (χ2n) is 5.68. The number of anilines is 2. The van der Waals surface area contributed by atoms with Crippen LogP contribution in [0.15, 0.2) is 42.5 Å². The molecule has 3 aromatic rings. The second kappa shape index (κ2) is 8.91. The van der Waals surface area contributed by atoms with Gasteiger partial charge >= 0.3 is 5.97 Å². The Bertz CT molecular complexity index is 1000. The normalized spacial score (nSPS) is 10.3. The molecule has 0 radical (unpaired) electrons. The molecule has 0 spiro atoms. The average molecular weight is 399 g/mol. The van der Waals surface area contributed by atoms with Gasteiger partial charge in [0.15, 0.2) is 0 Å². The lowest BCUT2D eigenvalue weighted by Crippen LogP contribution is -2.30. The molecule has 0 fully saturated rings. The molecule has 0 aliphatic heterocycles. The van der Waals surface area contributed by atoms with Crippen LogP contribution in [-0.2, 0) is 14.3 Å². The summed E-state index contributed by atoms with van der Waals surface area (Å²) in [6.45, 7) is -0.154. The van der Waals surface area contributed by atoms with Crippen molar-refractivity contribution >= 4 is 51.9 Å². The SMILES string of the molecule is COC(=O)CNC(=O)c1ccc(NCC(=O)Nc2cccc3nsnc23)cc1. The number of aromatic nitrogens is 2. The zero-order chi connectivity index (χ0) is 19.9. The van der Waals surface area contributed by atoms with Gasteiger partial charge in [-0.2, -0.15) is 8.75 Å². The Hall–Kier alpha value is -3.53. The number of nitrogens with zero attached hydrogens (tertiary/aromatic N) is 2. The molecule has 9 nitrogen and oxygen atoms in total. The van der Waals surface area contributed by atoms with E-state index >= 15 is 0 Å². The molecule has 144 valence electrons. The molecule has 0 aliphatic carbocycles. The van der Waals surface area contributed by atoms with E-state index in [1.54, 1.807) is 36.4 Å². The van der Waals surface area contributed by atoms with Gasteiger partial charge in [-0.25, -0.2) is 0 Å². The molecule has 0 saturated carbocycles. The van der Waals surface area contributed by atoms with Crippen molar-refractivity contribution < 1.29 is 19.1 Å². The number of carbonyl (C=O) groups excluding carboxylic acids is 3. The van der Waals surface area contributed by atoms with Crippen LogP contribution in [0.25, 0.3) is 11.0 Å². The Balaban J connectivity index is 1.52. The number of fused-ring (bicyclic) bond motifs is 1. The smallest absolute Gasteiger partial charge is 0.325 e. The van der Waals surface area contributed by atoms with Gasteiger partial charge in [0.1, 0.15) is 17.6 Å². The summed E-state index contributed by atoms with van der Waals surface area (Å²) in [5.41, 5.74) is 3.06. The van der Waals surface area contributed by atoms with Gasteiger partial charge in [-0.1, -0.05) is 6.07 Å². The van der Waals surface area contributed by atoms with Gasteiger partial charge < -0.3 is 20.7 Å². The number of rotatable bonds is 7. The number of benzene rings is 2. The summed E-state index contributed by atoms with van der Waals surface area (Å²) >= 11 is 1.09. The fourth-order valence-electron chi connectivity index (χ4n) is 2.35. The molecule has 28 heavy (non-hydrogen) atoms. The first-order valence-electron chi connectivity index (χ1n) is 8.27. The van der Waals surface area contributed by atoms with Crippen LogP contribution < -0.4 is 16.0 Å². The van der Waals surface area contributed by atoms with E-state index in [0.29, 0.717) is 22.5 Å². The summed E-state index contributed by atoms with van der Waals surface area (Å²) in [5.74, 6) is -1.15. The zero-order valence-electron chi connectivity index (χ0n) is 14.9. The minimum atomic E-state index is -0.526. The van der Waals surface area contributed by atoms with Crippen LogP contribution in [0.5, 0.6) is 0 Å². The fourth-order valence-corrected chi connectivity index (χ4v) is 2.90. The number of hydrogen-bond donors (Lipinski definition) is 3. The van der Waals surface area contributed by atoms with E-state index in [4.69, 9.17) is 0 Å². The summed E-state index contributed by atoms with van der Waals surface area (Å²) < 4.78 is 12.8. The predicted octanol–water partition coefficient (Wildman–Crippen LogP) is 1.64. The minimum Gasteiger partial charge on any atom is -0.468 e. The lowest BCUT2D eigenvalue weighted by atomic mass is 10.2. The van der Waals surface area contributed by atoms with Crippen LogP contribution in [0.4, 0.5) is 11.4 Å². The Labute approximate surface area is 164 Å². The van der Waals surface area contributed by atoms with E-state index in [9.17, 15) is 14.4 Å². The van der Waals surface area contributed by atoms with Crippen LogP contribution in [0.1, 0.15) is 10.4 Å². The molecule has 10 heteroatoms. The maximum atomic E-state index is 12.2. The molecule has 0 aliphatic rings. The summed E-state index contributed by atoms with van der Waals surface area (Å²) in [5, 5.41) is 8.23. The van der Waals surface area contributed by atoms with Gasteiger partial charge in [-0.15, -0.1) is 0 Å². The first-order valence-corrected chi connectivity index (χ1v) is 9.00. The predicted molar refractivity (Wildman–Crippen MR) is 105 cm³/mol. The lowest BCUT2D eigenvalue weighted by molar-refractivity contribution is -0.139. The van der Waals surface area contributed by atoms with E-state index in [0.717, 1.165) is 17.2 Å². The van der Waals surface area contributed by atoms with Crippen molar-refractivity contribution in [1.82, 2.24) is 14.1 Å². The molecule has 0 atom stereocenters. The van der Waals surface area contributed by atoms with Gasteiger partial charge in [0.05, 0.1) is 31.1 Å². The van der Waals surface area contributed by atoms with Gasteiger partial charge in [0.2, 0.25) is 5.91 Å². The quantitative estimate of drug-likeness (QED) is 0.516. The molecule has 2 aromatic carbocycles. The van der Waals surface area contributed by atoms with Crippen molar-refractivity contribution in [3.05, 3.63) is 48.0 Å². The third-order valence-electron chi connectivity index (χ3n) is 3.78. The number of methoxy groups -OCH3 is 1. The summed E-state index contributed by atoms with van der Waals surface area (Å²) in [6.07, 6.45) is 0. The summed E-state index contributed by atoms with van der Waals surface area (Å²) in [7, 11) is 1.25.